The summed E-state index contributed by atoms with van der Waals surface area (Å²) in [5.41, 5.74) is 1.62. The first-order valence-corrected chi connectivity index (χ1v) is 6.05. The summed E-state index contributed by atoms with van der Waals surface area (Å²) in [6, 6.07) is 0. The third-order valence-corrected chi connectivity index (χ3v) is 3.11. The Morgan fingerprint density at radius 3 is 2.47 bits per heavy atom. The number of hydrogen-bond donors (Lipinski definition) is 0. The van der Waals surface area contributed by atoms with Gasteiger partial charge in [-0.3, -0.25) is 9.48 Å². The molecule has 0 atom stereocenters. The van der Waals surface area contributed by atoms with E-state index in [0.717, 1.165) is 11.3 Å². The SMILES string of the molecule is CCN(CC)C(=O)C=Cc1c(C)nn(C)c1Cl. The van der Waals surface area contributed by atoms with E-state index >= 15 is 0 Å². The molecule has 0 unspecified atom stereocenters. The van der Waals surface area contributed by atoms with Crippen LogP contribution in [0.3, 0.4) is 0 Å². The van der Waals surface area contributed by atoms with Gasteiger partial charge in [-0.05, 0) is 26.8 Å². The van der Waals surface area contributed by atoms with Gasteiger partial charge in [0.15, 0.2) is 0 Å². The van der Waals surface area contributed by atoms with Crippen LogP contribution in [-0.2, 0) is 11.8 Å². The highest BCUT2D eigenvalue weighted by molar-refractivity contribution is 6.31. The Balaban J connectivity index is 2.87. The second-order valence-electron chi connectivity index (χ2n) is 3.76. The van der Waals surface area contributed by atoms with E-state index in [0.29, 0.717) is 18.2 Å². The predicted molar refractivity (Wildman–Crippen MR) is 69.9 cm³/mol. The average molecular weight is 256 g/mol. The van der Waals surface area contributed by atoms with Crippen LogP contribution >= 0.6 is 11.6 Å². The van der Waals surface area contributed by atoms with Crippen LogP contribution in [0.5, 0.6) is 0 Å². The molecule has 0 saturated heterocycles. The molecule has 4 nitrogen and oxygen atoms in total. The lowest BCUT2D eigenvalue weighted by Gasteiger charge is -2.15. The van der Waals surface area contributed by atoms with Crippen molar-refractivity contribution < 1.29 is 4.79 Å². The molecule has 1 heterocycles. The van der Waals surface area contributed by atoms with Gasteiger partial charge in [-0.15, -0.1) is 0 Å². The lowest BCUT2D eigenvalue weighted by Crippen LogP contribution is -2.28. The minimum absolute atomic E-state index is 0.00526. The number of hydrogen-bond acceptors (Lipinski definition) is 2. The summed E-state index contributed by atoms with van der Waals surface area (Å²) in [5, 5.41) is 4.73. The fourth-order valence-electron chi connectivity index (χ4n) is 1.63. The standard InChI is InChI=1S/C12H18ClN3O/c1-5-16(6-2)11(17)8-7-10-9(3)14-15(4)12(10)13/h7-8H,5-6H2,1-4H3. The van der Waals surface area contributed by atoms with Crippen molar-refractivity contribution in [3.05, 3.63) is 22.5 Å². The van der Waals surface area contributed by atoms with Gasteiger partial charge in [-0.25, -0.2) is 0 Å². The molecule has 0 bridgehead atoms. The number of rotatable bonds is 4. The van der Waals surface area contributed by atoms with E-state index in [1.165, 1.54) is 0 Å². The fraction of sp³-hybridized carbons (Fsp3) is 0.500. The average Bonchev–Trinajstić information content (AvgIpc) is 2.53. The van der Waals surface area contributed by atoms with Crippen molar-refractivity contribution >= 4 is 23.6 Å². The van der Waals surface area contributed by atoms with E-state index in [1.54, 1.807) is 28.8 Å². The van der Waals surface area contributed by atoms with Crippen LogP contribution in [-0.4, -0.2) is 33.7 Å². The van der Waals surface area contributed by atoms with Gasteiger partial charge >= 0.3 is 0 Å². The van der Waals surface area contributed by atoms with Gasteiger partial charge in [-0.2, -0.15) is 5.10 Å². The van der Waals surface area contributed by atoms with E-state index in [2.05, 4.69) is 5.10 Å². The first-order valence-electron chi connectivity index (χ1n) is 5.67. The molecule has 1 rings (SSSR count). The molecule has 0 aliphatic rings. The van der Waals surface area contributed by atoms with Crippen molar-refractivity contribution in [2.75, 3.05) is 13.1 Å². The maximum Gasteiger partial charge on any atom is 0.246 e. The van der Waals surface area contributed by atoms with Crippen LogP contribution in [0.2, 0.25) is 5.15 Å². The molecule has 0 N–H and O–H groups in total. The number of likely N-dealkylation sites (N-methyl/N-ethyl adjacent to an activating group) is 1. The summed E-state index contributed by atoms with van der Waals surface area (Å²) in [7, 11) is 1.78. The number of halogens is 1. The third-order valence-electron chi connectivity index (χ3n) is 2.66. The second kappa shape index (κ2) is 5.87. The predicted octanol–water partition coefficient (Wildman–Crippen LogP) is 2.26. The zero-order chi connectivity index (χ0) is 13.0. The number of aryl methyl sites for hydroxylation is 2. The Kier molecular flexibility index (Phi) is 4.75. The minimum Gasteiger partial charge on any atom is -0.340 e. The van der Waals surface area contributed by atoms with Crippen molar-refractivity contribution in [1.82, 2.24) is 14.7 Å². The first-order chi connectivity index (χ1) is 8.01. The quantitative estimate of drug-likeness (QED) is 0.774. The van der Waals surface area contributed by atoms with Crippen LogP contribution in [0, 0.1) is 6.92 Å². The Labute approximate surface area is 107 Å². The lowest BCUT2D eigenvalue weighted by molar-refractivity contribution is -0.125. The van der Waals surface area contributed by atoms with Crippen molar-refractivity contribution in [1.29, 1.82) is 0 Å². The highest BCUT2D eigenvalue weighted by Gasteiger charge is 2.10. The summed E-state index contributed by atoms with van der Waals surface area (Å²) in [6.07, 6.45) is 3.27. The zero-order valence-corrected chi connectivity index (χ0v) is 11.5. The van der Waals surface area contributed by atoms with E-state index in [1.807, 2.05) is 20.8 Å². The highest BCUT2D eigenvalue weighted by atomic mass is 35.5. The molecule has 1 amide bonds. The molecule has 0 spiro atoms. The smallest absolute Gasteiger partial charge is 0.246 e. The maximum absolute atomic E-state index is 11.8. The summed E-state index contributed by atoms with van der Waals surface area (Å²) in [6.45, 7) is 7.20. The van der Waals surface area contributed by atoms with Crippen molar-refractivity contribution in [2.24, 2.45) is 7.05 Å². The van der Waals surface area contributed by atoms with Gasteiger partial charge in [0.25, 0.3) is 0 Å². The number of amides is 1. The Hall–Kier alpha value is -1.29. The van der Waals surface area contributed by atoms with E-state index in [4.69, 9.17) is 11.6 Å². The van der Waals surface area contributed by atoms with Gasteiger partial charge in [0.1, 0.15) is 5.15 Å². The normalized spacial score (nSPS) is 11.1. The van der Waals surface area contributed by atoms with E-state index in [9.17, 15) is 4.79 Å². The summed E-state index contributed by atoms with van der Waals surface area (Å²) in [5.74, 6) is -0.00526. The molecule has 0 fully saturated rings. The molecule has 0 saturated carbocycles. The summed E-state index contributed by atoms with van der Waals surface area (Å²) in [4.78, 5) is 13.5. The van der Waals surface area contributed by atoms with Crippen LogP contribution < -0.4 is 0 Å². The van der Waals surface area contributed by atoms with E-state index < -0.39 is 0 Å². The molecule has 5 heteroatoms. The number of nitrogens with zero attached hydrogens (tertiary/aromatic N) is 3. The number of aromatic nitrogens is 2. The molecular formula is C12H18ClN3O. The molecule has 0 aromatic carbocycles. The van der Waals surface area contributed by atoms with Crippen molar-refractivity contribution in [3.8, 4) is 0 Å². The van der Waals surface area contributed by atoms with Crippen molar-refractivity contribution in [2.45, 2.75) is 20.8 Å². The maximum atomic E-state index is 11.8. The van der Waals surface area contributed by atoms with Gasteiger partial charge in [0.2, 0.25) is 5.91 Å². The summed E-state index contributed by atoms with van der Waals surface area (Å²) >= 11 is 6.07. The molecule has 1 aromatic heterocycles. The monoisotopic (exact) mass is 255 g/mol. The highest BCUT2D eigenvalue weighted by Crippen LogP contribution is 2.19. The molecule has 1 aromatic rings. The van der Waals surface area contributed by atoms with Crippen LogP contribution in [0.4, 0.5) is 0 Å². The van der Waals surface area contributed by atoms with Gasteiger partial charge < -0.3 is 4.90 Å². The largest absolute Gasteiger partial charge is 0.340 e. The first kappa shape index (κ1) is 13.8. The Bertz CT molecular complexity index is 433. The Morgan fingerprint density at radius 1 is 1.47 bits per heavy atom. The Morgan fingerprint density at radius 2 is 2.06 bits per heavy atom. The van der Waals surface area contributed by atoms with Gasteiger partial charge in [-0.1, -0.05) is 11.6 Å². The third kappa shape index (κ3) is 3.09. The molecule has 94 valence electrons. The zero-order valence-electron chi connectivity index (χ0n) is 10.7. The number of carbonyl (C=O) groups excluding carboxylic acids is 1. The van der Waals surface area contributed by atoms with Crippen LogP contribution in [0.1, 0.15) is 25.1 Å². The van der Waals surface area contributed by atoms with Gasteiger partial charge in [0, 0.05) is 31.8 Å². The molecule has 0 radical (unpaired) electrons. The van der Waals surface area contributed by atoms with Crippen LogP contribution in [0.15, 0.2) is 6.08 Å². The number of carbonyl (C=O) groups is 1. The minimum atomic E-state index is -0.00526. The second-order valence-corrected chi connectivity index (χ2v) is 4.12. The van der Waals surface area contributed by atoms with Crippen LogP contribution in [0.25, 0.3) is 6.08 Å². The lowest BCUT2D eigenvalue weighted by atomic mass is 10.2. The molecule has 0 aliphatic carbocycles. The molecule has 17 heavy (non-hydrogen) atoms. The van der Waals surface area contributed by atoms with E-state index in [-0.39, 0.29) is 5.91 Å². The van der Waals surface area contributed by atoms with Gasteiger partial charge in [0.05, 0.1) is 5.69 Å². The summed E-state index contributed by atoms with van der Waals surface area (Å²) < 4.78 is 1.60. The topological polar surface area (TPSA) is 38.1 Å². The van der Waals surface area contributed by atoms with Crippen molar-refractivity contribution in [3.63, 3.8) is 0 Å². The molecule has 0 aliphatic heterocycles. The fourth-order valence-corrected chi connectivity index (χ4v) is 1.87. The molecular weight excluding hydrogens is 238 g/mol.